The molecule has 4 heteroatoms. The van der Waals surface area contributed by atoms with Crippen LogP contribution in [0.3, 0.4) is 0 Å². The Labute approximate surface area is 290 Å². The van der Waals surface area contributed by atoms with Crippen molar-refractivity contribution in [2.75, 3.05) is 37.0 Å². The summed E-state index contributed by atoms with van der Waals surface area (Å²) in [6.45, 7) is 29.2. The first-order valence-corrected chi connectivity index (χ1v) is 24.6. The highest BCUT2D eigenvalue weighted by Crippen LogP contribution is 2.47. The Hall–Kier alpha value is -0.620. The fourth-order valence-electron chi connectivity index (χ4n) is 6.61. The van der Waals surface area contributed by atoms with Crippen molar-refractivity contribution in [3.63, 3.8) is 0 Å². The van der Waals surface area contributed by atoms with Gasteiger partial charge in [-0.15, -0.1) is 0 Å². The molecule has 254 valence electrons. The predicted octanol–water partition coefficient (Wildman–Crippen LogP) is 10.7. The minimum absolute atomic E-state index is 0.247. The summed E-state index contributed by atoms with van der Waals surface area (Å²) in [6.07, 6.45) is 7.90. The second-order valence-corrected chi connectivity index (χ2v) is 24.9. The van der Waals surface area contributed by atoms with E-state index < -0.39 is 7.92 Å². The fourth-order valence-corrected chi connectivity index (χ4v) is 20.2. The summed E-state index contributed by atoms with van der Waals surface area (Å²) in [7, 11) is -1.45. The molecule has 0 aliphatic rings. The average Bonchev–Trinajstić information content (AvgIpc) is 2.96. The fraction of sp³-hybridized carbons (Fsp3) is 0.571. The highest BCUT2D eigenvalue weighted by molar-refractivity contribution is 7.85. The molecule has 0 saturated carbocycles. The van der Waals surface area contributed by atoms with Crippen LogP contribution in [-0.2, 0) is 0 Å². The van der Waals surface area contributed by atoms with E-state index >= 15 is 0 Å². The van der Waals surface area contributed by atoms with Crippen LogP contribution in [0.1, 0.15) is 83.1 Å². The summed E-state index contributed by atoms with van der Waals surface area (Å²) in [4.78, 5) is 0. The molecular formula is C42H66P4. The molecule has 3 aromatic carbocycles. The normalized spacial score (nSPS) is 12.7. The Morgan fingerprint density at radius 2 is 0.478 bits per heavy atom. The van der Waals surface area contributed by atoms with E-state index in [9.17, 15) is 0 Å². The van der Waals surface area contributed by atoms with Gasteiger partial charge in [0.1, 0.15) is 0 Å². The number of benzene rings is 3. The summed E-state index contributed by atoms with van der Waals surface area (Å²) >= 11 is 0. The lowest BCUT2D eigenvalue weighted by Gasteiger charge is -2.34. The van der Waals surface area contributed by atoms with Gasteiger partial charge in [-0.1, -0.05) is 180 Å². The standard InChI is InChI=1S/C42H66P4/c1-31(2)25-43(26-32(3)4)37-19-13-16-22-40(37)46(41-23-17-14-20-38(41)44(27-33(5)6)28-34(7)8)42-24-18-15-21-39(42)45(29-35(9)10)30-36(11)12/h13-24,31-36H,25-30H2,1-12H3. The quantitative estimate of drug-likeness (QED) is 0.116. The van der Waals surface area contributed by atoms with E-state index in [0.717, 1.165) is 0 Å². The average molecular weight is 695 g/mol. The van der Waals surface area contributed by atoms with E-state index in [1.54, 1.807) is 31.8 Å². The van der Waals surface area contributed by atoms with Crippen LogP contribution in [0.2, 0.25) is 0 Å². The van der Waals surface area contributed by atoms with Gasteiger partial charge < -0.3 is 0 Å². The minimum atomic E-state index is -0.707. The van der Waals surface area contributed by atoms with Crippen LogP contribution < -0.4 is 31.8 Å². The molecule has 0 amide bonds. The van der Waals surface area contributed by atoms with Gasteiger partial charge in [-0.05, 0) is 112 Å². The predicted molar refractivity (Wildman–Crippen MR) is 223 cm³/mol. The molecule has 0 saturated heterocycles. The Balaban J connectivity index is 2.43. The van der Waals surface area contributed by atoms with Crippen LogP contribution in [0.15, 0.2) is 72.8 Å². The van der Waals surface area contributed by atoms with Gasteiger partial charge in [0.2, 0.25) is 0 Å². The topological polar surface area (TPSA) is 0 Å². The van der Waals surface area contributed by atoms with Gasteiger partial charge in [0.15, 0.2) is 0 Å². The van der Waals surface area contributed by atoms with Crippen molar-refractivity contribution in [3.8, 4) is 0 Å². The van der Waals surface area contributed by atoms with Gasteiger partial charge in [-0.25, -0.2) is 0 Å². The highest BCUT2D eigenvalue weighted by atomic mass is 31.1. The van der Waals surface area contributed by atoms with Crippen LogP contribution in [0, 0.1) is 35.5 Å². The maximum Gasteiger partial charge on any atom is -0.00738 e. The molecule has 0 aromatic heterocycles. The number of hydrogen-bond donors (Lipinski definition) is 0. The SMILES string of the molecule is CC(C)CP(CC(C)C)c1ccccc1P(c1ccccc1P(CC(C)C)CC(C)C)c1ccccc1P(CC(C)C)CC(C)C. The first kappa shape index (κ1) is 39.8. The zero-order valence-electron chi connectivity index (χ0n) is 31.4. The first-order chi connectivity index (χ1) is 21.8. The summed E-state index contributed by atoms with van der Waals surface area (Å²) < 4.78 is 0. The van der Waals surface area contributed by atoms with Crippen LogP contribution in [-0.4, -0.2) is 37.0 Å². The lowest BCUT2D eigenvalue weighted by atomic mass is 10.3. The molecule has 0 aliphatic heterocycles. The van der Waals surface area contributed by atoms with Gasteiger partial charge >= 0.3 is 0 Å². The molecule has 0 N–H and O–H groups in total. The van der Waals surface area contributed by atoms with Gasteiger partial charge in [0, 0.05) is 0 Å². The summed E-state index contributed by atoms with van der Waals surface area (Å²) in [5.41, 5.74) is 0. The monoisotopic (exact) mass is 694 g/mol. The molecule has 0 nitrogen and oxygen atoms in total. The van der Waals surface area contributed by atoms with Crippen molar-refractivity contribution in [3.05, 3.63) is 72.8 Å². The van der Waals surface area contributed by atoms with Gasteiger partial charge in [0.25, 0.3) is 0 Å². The van der Waals surface area contributed by atoms with Crippen LogP contribution in [0.4, 0.5) is 0 Å². The Morgan fingerprint density at radius 1 is 0.304 bits per heavy atom. The molecule has 0 bridgehead atoms. The van der Waals surface area contributed by atoms with Crippen LogP contribution >= 0.6 is 31.7 Å². The second-order valence-electron chi connectivity index (χ2n) is 15.9. The van der Waals surface area contributed by atoms with Crippen LogP contribution in [0.5, 0.6) is 0 Å². The third kappa shape index (κ3) is 12.1. The molecule has 0 atom stereocenters. The van der Waals surface area contributed by atoms with Crippen molar-refractivity contribution in [2.45, 2.75) is 83.1 Å². The summed E-state index contributed by atoms with van der Waals surface area (Å²) in [5.74, 6) is 4.24. The largest absolute Gasteiger partial charge is 0.0741 e. The molecule has 0 aliphatic carbocycles. The maximum atomic E-state index is 2.56. The second kappa shape index (κ2) is 19.5. The van der Waals surface area contributed by atoms with Crippen LogP contribution in [0.25, 0.3) is 0 Å². The molecule has 0 spiro atoms. The molecule has 3 rings (SSSR count). The minimum Gasteiger partial charge on any atom is -0.0741 e. The van der Waals surface area contributed by atoms with Gasteiger partial charge in [0.05, 0.1) is 0 Å². The number of rotatable bonds is 18. The molecular weight excluding hydrogens is 628 g/mol. The molecule has 0 radical (unpaired) electrons. The van der Waals surface area contributed by atoms with E-state index in [-0.39, 0.29) is 23.8 Å². The summed E-state index contributed by atoms with van der Waals surface area (Å²) in [5, 5.41) is 10.0. The van der Waals surface area contributed by atoms with Crippen molar-refractivity contribution >= 4 is 63.5 Å². The summed E-state index contributed by atoms with van der Waals surface area (Å²) in [6, 6.07) is 29.4. The Bertz CT molecular complexity index is 1120. The van der Waals surface area contributed by atoms with Gasteiger partial charge in [-0.2, -0.15) is 0 Å². The first-order valence-electron chi connectivity index (χ1n) is 18.1. The molecule has 0 unspecified atom stereocenters. The van der Waals surface area contributed by atoms with Crippen molar-refractivity contribution in [1.82, 2.24) is 0 Å². The van der Waals surface area contributed by atoms with E-state index in [1.807, 2.05) is 0 Å². The molecule has 3 aromatic rings. The lowest BCUT2D eigenvalue weighted by Crippen LogP contribution is -2.40. The molecule has 46 heavy (non-hydrogen) atoms. The maximum absolute atomic E-state index is 2.56. The Morgan fingerprint density at radius 3 is 0.652 bits per heavy atom. The van der Waals surface area contributed by atoms with E-state index in [2.05, 4.69) is 156 Å². The molecule has 0 heterocycles. The zero-order chi connectivity index (χ0) is 34.0. The highest BCUT2D eigenvalue weighted by Gasteiger charge is 2.31. The van der Waals surface area contributed by atoms with Crippen molar-refractivity contribution in [1.29, 1.82) is 0 Å². The smallest absolute Gasteiger partial charge is 0.00738 e. The third-order valence-electron chi connectivity index (χ3n) is 7.90. The number of hydrogen-bond acceptors (Lipinski definition) is 0. The third-order valence-corrected chi connectivity index (χ3v) is 21.3. The Kier molecular flexibility index (Phi) is 16.9. The van der Waals surface area contributed by atoms with Crippen molar-refractivity contribution < 1.29 is 0 Å². The lowest BCUT2D eigenvalue weighted by molar-refractivity contribution is 0.721. The van der Waals surface area contributed by atoms with E-state index in [0.29, 0.717) is 35.5 Å². The van der Waals surface area contributed by atoms with E-state index in [1.165, 1.54) is 37.0 Å². The van der Waals surface area contributed by atoms with Gasteiger partial charge in [-0.3, -0.25) is 0 Å². The zero-order valence-corrected chi connectivity index (χ0v) is 35.0. The van der Waals surface area contributed by atoms with E-state index in [4.69, 9.17) is 0 Å². The molecule has 0 fully saturated rings. The van der Waals surface area contributed by atoms with Crippen molar-refractivity contribution in [2.24, 2.45) is 35.5 Å².